The van der Waals surface area contributed by atoms with E-state index in [1.165, 1.54) is 13.3 Å². The predicted octanol–water partition coefficient (Wildman–Crippen LogP) is 2.74. The largest absolute Gasteiger partial charge is 0.494 e. The monoisotopic (exact) mass is 397 g/mol. The van der Waals surface area contributed by atoms with Crippen LogP contribution in [0, 0.1) is 0 Å². The molecule has 29 heavy (non-hydrogen) atoms. The highest BCUT2D eigenvalue weighted by molar-refractivity contribution is 6.39. The van der Waals surface area contributed by atoms with Gasteiger partial charge in [-0.1, -0.05) is 25.5 Å². The van der Waals surface area contributed by atoms with Gasteiger partial charge in [0, 0.05) is 5.69 Å². The fraction of sp³-hybridized carbons (Fsp3) is 0.238. The number of ether oxygens (including phenoxy) is 2. The number of anilines is 1. The van der Waals surface area contributed by atoms with Gasteiger partial charge in [-0.15, -0.1) is 0 Å². The molecular formula is C21H23N3O5. The molecule has 0 aliphatic rings. The number of carbonyl (C=O) groups excluding carboxylic acids is 3. The number of methoxy groups -OCH3 is 1. The zero-order valence-electron chi connectivity index (χ0n) is 16.3. The highest BCUT2D eigenvalue weighted by atomic mass is 16.5. The summed E-state index contributed by atoms with van der Waals surface area (Å²) in [7, 11) is 1.30. The summed E-state index contributed by atoms with van der Waals surface area (Å²) in [6.45, 7) is 2.71. The van der Waals surface area contributed by atoms with E-state index in [9.17, 15) is 14.4 Å². The fourth-order valence-electron chi connectivity index (χ4n) is 2.20. The van der Waals surface area contributed by atoms with Crippen LogP contribution in [0.25, 0.3) is 0 Å². The van der Waals surface area contributed by atoms with E-state index in [0.29, 0.717) is 29.2 Å². The second kappa shape index (κ2) is 11.2. The van der Waals surface area contributed by atoms with Crippen LogP contribution in [0.15, 0.2) is 53.6 Å². The molecule has 0 heterocycles. The average molecular weight is 397 g/mol. The number of hydrogen-bond donors (Lipinski definition) is 2. The van der Waals surface area contributed by atoms with Crippen molar-refractivity contribution < 1.29 is 23.9 Å². The lowest BCUT2D eigenvalue weighted by Gasteiger charge is -2.07. The third-order valence-electron chi connectivity index (χ3n) is 3.80. The molecule has 8 heteroatoms. The zero-order valence-corrected chi connectivity index (χ0v) is 16.3. The van der Waals surface area contributed by atoms with Gasteiger partial charge in [-0.3, -0.25) is 9.59 Å². The fourth-order valence-corrected chi connectivity index (χ4v) is 2.20. The first-order valence-electron chi connectivity index (χ1n) is 9.09. The van der Waals surface area contributed by atoms with Crippen LogP contribution in [0.1, 0.15) is 35.7 Å². The number of rotatable bonds is 8. The molecule has 0 unspecified atom stereocenters. The van der Waals surface area contributed by atoms with Crippen LogP contribution in [0.3, 0.4) is 0 Å². The van der Waals surface area contributed by atoms with Gasteiger partial charge in [-0.2, -0.15) is 5.10 Å². The van der Waals surface area contributed by atoms with Crippen LogP contribution in [-0.4, -0.2) is 37.7 Å². The Morgan fingerprint density at radius 1 is 1.00 bits per heavy atom. The lowest BCUT2D eigenvalue weighted by Crippen LogP contribution is -2.32. The predicted molar refractivity (Wildman–Crippen MR) is 109 cm³/mol. The van der Waals surface area contributed by atoms with E-state index in [4.69, 9.17) is 4.74 Å². The zero-order chi connectivity index (χ0) is 21.1. The van der Waals surface area contributed by atoms with Gasteiger partial charge in [-0.05, 0) is 48.4 Å². The molecule has 0 saturated heterocycles. The lowest BCUT2D eigenvalue weighted by molar-refractivity contribution is -0.136. The van der Waals surface area contributed by atoms with Gasteiger partial charge in [0.25, 0.3) is 0 Å². The molecule has 0 saturated carbocycles. The van der Waals surface area contributed by atoms with Gasteiger partial charge in [0.05, 0.1) is 25.5 Å². The van der Waals surface area contributed by atoms with Gasteiger partial charge in [0.15, 0.2) is 0 Å². The molecule has 0 aliphatic carbocycles. The standard InChI is InChI=1S/C21H23N3O5/c1-3-4-13-29-18-11-9-17(10-12-18)23-19(25)20(26)24-22-14-15-5-7-16(8-6-15)21(27)28-2/h5-12,14H,3-4,13H2,1-2H3,(H,23,25)(H,24,26)/b22-14-. The highest BCUT2D eigenvalue weighted by Crippen LogP contribution is 2.16. The molecule has 2 aromatic rings. The molecule has 152 valence electrons. The van der Waals surface area contributed by atoms with Crippen molar-refractivity contribution in [2.75, 3.05) is 19.0 Å². The smallest absolute Gasteiger partial charge is 0.337 e. The number of hydrazone groups is 1. The van der Waals surface area contributed by atoms with Crippen molar-refractivity contribution in [3.05, 3.63) is 59.7 Å². The summed E-state index contributed by atoms with van der Waals surface area (Å²) < 4.78 is 10.2. The molecule has 0 aliphatic heterocycles. The Hall–Kier alpha value is -3.68. The molecule has 2 N–H and O–H groups in total. The first-order valence-corrected chi connectivity index (χ1v) is 9.09. The van der Waals surface area contributed by atoms with E-state index in [-0.39, 0.29) is 0 Å². The lowest BCUT2D eigenvalue weighted by atomic mass is 10.1. The number of hydrogen-bond acceptors (Lipinski definition) is 6. The summed E-state index contributed by atoms with van der Waals surface area (Å²) >= 11 is 0. The molecule has 0 spiro atoms. The maximum Gasteiger partial charge on any atom is 0.337 e. The summed E-state index contributed by atoms with van der Waals surface area (Å²) in [5, 5.41) is 6.21. The SMILES string of the molecule is CCCCOc1ccc(NC(=O)C(=O)N/N=C\c2ccc(C(=O)OC)cc2)cc1. The van der Waals surface area contributed by atoms with Crippen molar-refractivity contribution in [1.82, 2.24) is 5.43 Å². The Balaban J connectivity index is 1.82. The van der Waals surface area contributed by atoms with Crippen molar-refractivity contribution in [2.45, 2.75) is 19.8 Å². The second-order valence-corrected chi connectivity index (χ2v) is 5.99. The summed E-state index contributed by atoms with van der Waals surface area (Å²) in [6, 6.07) is 13.1. The van der Waals surface area contributed by atoms with Crippen LogP contribution < -0.4 is 15.5 Å². The maximum absolute atomic E-state index is 11.9. The van der Waals surface area contributed by atoms with Gasteiger partial charge < -0.3 is 14.8 Å². The van der Waals surface area contributed by atoms with E-state index in [1.54, 1.807) is 48.5 Å². The van der Waals surface area contributed by atoms with Crippen molar-refractivity contribution in [3.63, 3.8) is 0 Å². The molecule has 0 aromatic heterocycles. The quantitative estimate of drug-likeness (QED) is 0.234. The molecular weight excluding hydrogens is 374 g/mol. The molecule has 8 nitrogen and oxygen atoms in total. The summed E-state index contributed by atoms with van der Waals surface area (Å²) in [4.78, 5) is 35.1. The number of amides is 2. The molecule has 0 radical (unpaired) electrons. The van der Waals surface area contributed by atoms with E-state index >= 15 is 0 Å². The third kappa shape index (κ3) is 7.10. The Morgan fingerprint density at radius 3 is 2.31 bits per heavy atom. The number of benzene rings is 2. The van der Waals surface area contributed by atoms with Crippen molar-refractivity contribution >= 4 is 29.7 Å². The first kappa shape index (κ1) is 21.6. The number of nitrogens with one attached hydrogen (secondary N) is 2. The van der Waals surface area contributed by atoms with E-state index < -0.39 is 17.8 Å². The minimum atomic E-state index is -0.907. The Morgan fingerprint density at radius 2 is 1.69 bits per heavy atom. The first-order chi connectivity index (χ1) is 14.0. The molecule has 2 aromatic carbocycles. The van der Waals surface area contributed by atoms with Gasteiger partial charge in [0.1, 0.15) is 5.75 Å². The molecule has 0 bridgehead atoms. The minimum absolute atomic E-state index is 0.398. The molecule has 0 atom stereocenters. The molecule has 0 fully saturated rings. The number of unbranched alkanes of at least 4 members (excludes halogenated alkanes) is 1. The van der Waals surface area contributed by atoms with Crippen molar-refractivity contribution in [1.29, 1.82) is 0 Å². The third-order valence-corrected chi connectivity index (χ3v) is 3.80. The van der Waals surface area contributed by atoms with Crippen LogP contribution in [-0.2, 0) is 14.3 Å². The van der Waals surface area contributed by atoms with Crippen LogP contribution in [0.4, 0.5) is 5.69 Å². The topological polar surface area (TPSA) is 106 Å². The van der Waals surface area contributed by atoms with E-state index in [0.717, 1.165) is 12.8 Å². The van der Waals surface area contributed by atoms with Crippen LogP contribution in [0.5, 0.6) is 5.75 Å². The summed E-state index contributed by atoms with van der Waals surface area (Å²) in [5.74, 6) is -1.50. The normalized spacial score (nSPS) is 10.4. The maximum atomic E-state index is 11.9. The summed E-state index contributed by atoms with van der Waals surface area (Å²) in [6.07, 6.45) is 3.37. The average Bonchev–Trinajstić information content (AvgIpc) is 2.75. The molecule has 2 rings (SSSR count). The van der Waals surface area contributed by atoms with E-state index in [1.807, 2.05) is 0 Å². The number of esters is 1. The van der Waals surface area contributed by atoms with E-state index in [2.05, 4.69) is 27.5 Å². The van der Waals surface area contributed by atoms with Gasteiger partial charge in [0.2, 0.25) is 0 Å². The van der Waals surface area contributed by atoms with Crippen LogP contribution >= 0.6 is 0 Å². The molecule has 2 amide bonds. The van der Waals surface area contributed by atoms with Crippen molar-refractivity contribution in [2.24, 2.45) is 5.10 Å². The Labute approximate surface area is 168 Å². The van der Waals surface area contributed by atoms with Crippen molar-refractivity contribution in [3.8, 4) is 5.75 Å². The Bertz CT molecular complexity index is 861. The summed E-state index contributed by atoms with van der Waals surface area (Å²) in [5.41, 5.74) is 3.65. The number of nitrogens with zero attached hydrogens (tertiary/aromatic N) is 1. The highest BCUT2D eigenvalue weighted by Gasteiger charge is 2.12. The van der Waals surface area contributed by atoms with Gasteiger partial charge in [-0.25, -0.2) is 10.2 Å². The second-order valence-electron chi connectivity index (χ2n) is 5.99. The Kier molecular flexibility index (Phi) is 8.37. The number of carbonyl (C=O) groups is 3. The van der Waals surface area contributed by atoms with Gasteiger partial charge >= 0.3 is 17.8 Å². The van der Waals surface area contributed by atoms with Crippen LogP contribution in [0.2, 0.25) is 0 Å². The minimum Gasteiger partial charge on any atom is -0.494 e.